The summed E-state index contributed by atoms with van der Waals surface area (Å²) < 4.78 is 5.31. The van der Waals surface area contributed by atoms with Gasteiger partial charge in [-0.3, -0.25) is 9.79 Å². The molecule has 0 aromatic heterocycles. The summed E-state index contributed by atoms with van der Waals surface area (Å²) in [6, 6.07) is 7.15. The molecule has 0 saturated carbocycles. The summed E-state index contributed by atoms with van der Waals surface area (Å²) in [4.78, 5) is 29.5. The second kappa shape index (κ2) is 8.75. The van der Waals surface area contributed by atoms with Crippen LogP contribution < -0.4 is 16.4 Å². The highest BCUT2D eigenvalue weighted by molar-refractivity contribution is 5.92. The topological polar surface area (TPSA) is 109 Å². The van der Waals surface area contributed by atoms with Gasteiger partial charge in [-0.2, -0.15) is 0 Å². The van der Waals surface area contributed by atoms with Crippen molar-refractivity contribution in [2.24, 2.45) is 10.7 Å². The molecule has 1 heterocycles. The minimum absolute atomic E-state index is 0.0215. The largest absolute Gasteiger partial charge is 0.444 e. The van der Waals surface area contributed by atoms with Crippen molar-refractivity contribution >= 4 is 18.0 Å². The van der Waals surface area contributed by atoms with E-state index in [9.17, 15) is 9.59 Å². The van der Waals surface area contributed by atoms with Crippen LogP contribution >= 0.6 is 0 Å². The van der Waals surface area contributed by atoms with Crippen LogP contribution in [0, 0.1) is 0 Å². The monoisotopic (exact) mass is 375 g/mol. The summed E-state index contributed by atoms with van der Waals surface area (Å²) in [6.07, 6.45) is 0.430. The van der Waals surface area contributed by atoms with Crippen LogP contribution in [0.15, 0.2) is 29.3 Å². The number of likely N-dealkylation sites (tertiary alicyclic amines) is 1. The summed E-state index contributed by atoms with van der Waals surface area (Å²) in [5, 5.41) is 6.21. The third-order valence-corrected chi connectivity index (χ3v) is 4.11. The van der Waals surface area contributed by atoms with E-state index in [1.54, 1.807) is 19.2 Å². The van der Waals surface area contributed by atoms with Gasteiger partial charge in [0.1, 0.15) is 5.60 Å². The van der Waals surface area contributed by atoms with Crippen LogP contribution in [0.2, 0.25) is 0 Å². The lowest BCUT2D eigenvalue weighted by Crippen LogP contribution is -2.44. The van der Waals surface area contributed by atoms with Gasteiger partial charge in [0.25, 0.3) is 0 Å². The number of guanidine groups is 1. The van der Waals surface area contributed by atoms with E-state index in [1.165, 1.54) is 0 Å². The Morgan fingerprint density at radius 3 is 2.52 bits per heavy atom. The molecule has 8 heteroatoms. The van der Waals surface area contributed by atoms with Crippen LogP contribution in [0.5, 0.6) is 0 Å². The molecule has 148 valence electrons. The second-order valence-electron chi connectivity index (χ2n) is 7.54. The fraction of sp³-hybridized carbons (Fsp3) is 0.526. The number of nitrogens with two attached hydrogens (primary N) is 1. The van der Waals surface area contributed by atoms with E-state index in [-0.39, 0.29) is 6.04 Å². The van der Waals surface area contributed by atoms with Gasteiger partial charge >= 0.3 is 6.09 Å². The molecular formula is C19H29N5O3. The van der Waals surface area contributed by atoms with Gasteiger partial charge in [0.2, 0.25) is 5.91 Å². The molecule has 2 rings (SSSR count). The first kappa shape index (κ1) is 20.5. The highest BCUT2D eigenvalue weighted by Crippen LogP contribution is 2.12. The number of ether oxygens (including phenoxy) is 1. The third kappa shape index (κ3) is 6.47. The molecule has 8 nitrogen and oxygen atoms in total. The van der Waals surface area contributed by atoms with Crippen molar-refractivity contribution < 1.29 is 14.3 Å². The number of carbonyl (C=O) groups is 2. The molecule has 27 heavy (non-hydrogen) atoms. The number of rotatable bonds is 4. The minimum atomic E-state index is -0.510. The SMILES string of the molecule is CN=C(NCc1ccc(C(N)=O)cc1)N1CCC(NC(=O)OC(C)(C)C)C1. The highest BCUT2D eigenvalue weighted by atomic mass is 16.6. The van der Waals surface area contributed by atoms with Gasteiger partial charge in [0.05, 0.1) is 6.04 Å². The number of hydrogen-bond acceptors (Lipinski definition) is 4. The molecule has 0 aliphatic carbocycles. The maximum atomic E-state index is 11.9. The molecule has 0 spiro atoms. The van der Waals surface area contributed by atoms with Crippen LogP contribution in [0.1, 0.15) is 43.1 Å². The molecule has 1 unspecified atom stereocenters. The standard InChI is InChI=1S/C19H29N5O3/c1-19(2,3)27-18(26)23-15-9-10-24(12-15)17(21-4)22-11-13-5-7-14(8-6-13)16(20)25/h5-8,15H,9-12H2,1-4H3,(H2,20,25)(H,21,22)(H,23,26). The molecule has 1 aliphatic heterocycles. The summed E-state index contributed by atoms with van der Waals surface area (Å²) >= 11 is 0. The molecule has 1 fully saturated rings. The van der Waals surface area contributed by atoms with Gasteiger partial charge in [0.15, 0.2) is 5.96 Å². The highest BCUT2D eigenvalue weighted by Gasteiger charge is 2.27. The van der Waals surface area contributed by atoms with Gasteiger partial charge in [-0.1, -0.05) is 12.1 Å². The molecule has 1 saturated heterocycles. The number of primary amides is 1. The number of aliphatic imine (C=N–C) groups is 1. The van der Waals surface area contributed by atoms with Crippen LogP contribution in [0.3, 0.4) is 0 Å². The number of benzene rings is 1. The summed E-state index contributed by atoms with van der Waals surface area (Å²) in [7, 11) is 1.73. The lowest BCUT2D eigenvalue weighted by atomic mass is 10.1. The normalized spacial score (nSPS) is 17.6. The fourth-order valence-electron chi connectivity index (χ4n) is 2.84. The Labute approximate surface area is 160 Å². The van der Waals surface area contributed by atoms with E-state index in [4.69, 9.17) is 10.5 Å². The molecule has 1 aromatic rings. The van der Waals surface area contributed by atoms with Crippen LogP contribution in [-0.4, -0.2) is 54.6 Å². The lowest BCUT2D eigenvalue weighted by molar-refractivity contribution is 0.0507. The summed E-state index contributed by atoms with van der Waals surface area (Å²) in [5.74, 6) is 0.327. The zero-order valence-electron chi connectivity index (χ0n) is 16.4. The molecular weight excluding hydrogens is 346 g/mol. The number of hydrogen-bond donors (Lipinski definition) is 3. The Hall–Kier alpha value is -2.77. The van der Waals surface area contributed by atoms with Crippen molar-refractivity contribution in [2.45, 2.75) is 45.4 Å². The quantitative estimate of drug-likeness (QED) is 0.545. The van der Waals surface area contributed by atoms with Crippen LogP contribution in [0.25, 0.3) is 0 Å². The minimum Gasteiger partial charge on any atom is -0.444 e. The average molecular weight is 375 g/mol. The average Bonchev–Trinajstić information content (AvgIpc) is 3.02. The van der Waals surface area contributed by atoms with E-state index in [2.05, 4.69) is 20.5 Å². The molecule has 1 aromatic carbocycles. The predicted octanol–water partition coefficient (Wildman–Crippen LogP) is 1.46. The van der Waals surface area contributed by atoms with Crippen molar-refractivity contribution in [1.29, 1.82) is 0 Å². The van der Waals surface area contributed by atoms with Gasteiger partial charge < -0.3 is 26.0 Å². The Morgan fingerprint density at radius 2 is 1.96 bits per heavy atom. The number of alkyl carbamates (subject to hydrolysis) is 1. The maximum Gasteiger partial charge on any atom is 0.407 e. The molecule has 4 N–H and O–H groups in total. The zero-order valence-corrected chi connectivity index (χ0v) is 16.4. The molecule has 1 aliphatic rings. The molecule has 0 bridgehead atoms. The molecule has 1 atom stereocenters. The van der Waals surface area contributed by atoms with E-state index in [0.29, 0.717) is 18.7 Å². The Kier molecular flexibility index (Phi) is 6.65. The van der Waals surface area contributed by atoms with Crippen molar-refractivity contribution in [1.82, 2.24) is 15.5 Å². The smallest absolute Gasteiger partial charge is 0.407 e. The first-order chi connectivity index (χ1) is 12.7. The molecule has 2 amide bonds. The molecule has 0 radical (unpaired) electrons. The van der Waals surface area contributed by atoms with Crippen molar-refractivity contribution in [3.05, 3.63) is 35.4 Å². The van der Waals surface area contributed by atoms with Gasteiger partial charge in [-0.15, -0.1) is 0 Å². The van der Waals surface area contributed by atoms with Crippen molar-refractivity contribution in [2.75, 3.05) is 20.1 Å². The third-order valence-electron chi connectivity index (χ3n) is 4.11. The van der Waals surface area contributed by atoms with Crippen LogP contribution in [-0.2, 0) is 11.3 Å². The Balaban J connectivity index is 1.84. The first-order valence-corrected chi connectivity index (χ1v) is 9.02. The summed E-state index contributed by atoms with van der Waals surface area (Å²) in [5.41, 5.74) is 6.24. The maximum absolute atomic E-state index is 11.9. The number of nitrogens with one attached hydrogen (secondary N) is 2. The zero-order chi connectivity index (χ0) is 20.0. The fourth-order valence-corrected chi connectivity index (χ4v) is 2.84. The summed E-state index contributed by atoms with van der Waals surface area (Å²) in [6.45, 7) is 7.56. The van der Waals surface area contributed by atoms with E-state index in [1.807, 2.05) is 32.9 Å². The van der Waals surface area contributed by atoms with Crippen molar-refractivity contribution in [3.8, 4) is 0 Å². The lowest BCUT2D eigenvalue weighted by Gasteiger charge is -2.23. The number of amides is 2. The van der Waals surface area contributed by atoms with Crippen molar-refractivity contribution in [3.63, 3.8) is 0 Å². The van der Waals surface area contributed by atoms with E-state index in [0.717, 1.165) is 24.5 Å². The van der Waals surface area contributed by atoms with Gasteiger partial charge in [-0.25, -0.2) is 4.79 Å². The Bertz CT molecular complexity index is 694. The number of nitrogens with zero attached hydrogens (tertiary/aromatic N) is 2. The number of carbonyl (C=O) groups excluding carboxylic acids is 2. The van der Waals surface area contributed by atoms with E-state index >= 15 is 0 Å². The first-order valence-electron chi connectivity index (χ1n) is 9.02. The van der Waals surface area contributed by atoms with Gasteiger partial charge in [0, 0.05) is 32.2 Å². The van der Waals surface area contributed by atoms with Crippen LogP contribution in [0.4, 0.5) is 4.79 Å². The second-order valence-corrected chi connectivity index (χ2v) is 7.54. The Morgan fingerprint density at radius 1 is 1.30 bits per heavy atom. The van der Waals surface area contributed by atoms with Gasteiger partial charge in [-0.05, 0) is 44.9 Å². The van der Waals surface area contributed by atoms with E-state index < -0.39 is 17.6 Å². The predicted molar refractivity (Wildman–Crippen MR) is 105 cm³/mol.